The first-order valence-corrected chi connectivity index (χ1v) is 5.77. The number of thiophene rings is 1. The van der Waals surface area contributed by atoms with Gasteiger partial charge < -0.3 is 5.11 Å². The van der Waals surface area contributed by atoms with E-state index in [2.05, 4.69) is 4.98 Å². The van der Waals surface area contributed by atoms with Gasteiger partial charge in [-0.1, -0.05) is 12.1 Å². The number of hydrogen-bond acceptors (Lipinski definition) is 3. The summed E-state index contributed by atoms with van der Waals surface area (Å²) in [5, 5.41) is 11.9. The average molecular weight is 219 g/mol. The van der Waals surface area contributed by atoms with E-state index in [1.807, 2.05) is 36.6 Å². The Balaban J connectivity index is 2.13. The zero-order valence-corrected chi connectivity index (χ0v) is 9.37. The molecule has 0 bridgehead atoms. The molecule has 0 aliphatic heterocycles. The third kappa shape index (κ3) is 2.43. The van der Waals surface area contributed by atoms with Crippen molar-refractivity contribution in [3.63, 3.8) is 0 Å². The molecule has 0 amide bonds. The fourth-order valence-electron chi connectivity index (χ4n) is 1.50. The molecule has 1 unspecified atom stereocenters. The highest BCUT2D eigenvalue weighted by molar-refractivity contribution is 7.10. The van der Waals surface area contributed by atoms with Crippen LogP contribution in [0, 0.1) is 6.92 Å². The Hall–Kier alpha value is -1.19. The Labute approximate surface area is 93.2 Å². The summed E-state index contributed by atoms with van der Waals surface area (Å²) < 4.78 is 0. The Morgan fingerprint density at radius 2 is 2.27 bits per heavy atom. The van der Waals surface area contributed by atoms with Crippen LogP contribution in [0.2, 0.25) is 0 Å². The van der Waals surface area contributed by atoms with Gasteiger partial charge in [0, 0.05) is 23.2 Å². The molecule has 0 spiro atoms. The molecule has 0 fully saturated rings. The molecule has 1 atom stereocenters. The van der Waals surface area contributed by atoms with E-state index in [1.54, 1.807) is 17.5 Å². The molecule has 2 nitrogen and oxygen atoms in total. The second-order valence-electron chi connectivity index (χ2n) is 3.50. The molecule has 3 heteroatoms. The maximum atomic E-state index is 9.96. The molecule has 0 saturated carbocycles. The highest BCUT2D eigenvalue weighted by atomic mass is 32.1. The van der Waals surface area contributed by atoms with Crippen molar-refractivity contribution in [1.29, 1.82) is 0 Å². The van der Waals surface area contributed by atoms with Crippen LogP contribution in [-0.4, -0.2) is 10.1 Å². The highest BCUT2D eigenvalue weighted by Gasteiger charge is 2.11. The quantitative estimate of drug-likeness (QED) is 0.861. The first kappa shape index (κ1) is 10.3. The molecule has 0 aliphatic carbocycles. The number of aromatic nitrogens is 1. The summed E-state index contributed by atoms with van der Waals surface area (Å²) in [6.07, 6.45) is 1.93. The third-order valence-electron chi connectivity index (χ3n) is 2.38. The van der Waals surface area contributed by atoms with Gasteiger partial charge in [0.1, 0.15) is 0 Å². The largest absolute Gasteiger partial charge is 0.387 e. The van der Waals surface area contributed by atoms with Crippen LogP contribution in [0.3, 0.4) is 0 Å². The fraction of sp³-hybridized carbons (Fsp3) is 0.250. The number of nitrogens with zero attached hydrogens (tertiary/aromatic N) is 1. The van der Waals surface area contributed by atoms with E-state index in [0.717, 1.165) is 16.1 Å². The lowest BCUT2D eigenvalue weighted by atomic mass is 10.1. The van der Waals surface area contributed by atoms with Crippen molar-refractivity contribution < 1.29 is 5.11 Å². The Morgan fingerprint density at radius 3 is 2.93 bits per heavy atom. The van der Waals surface area contributed by atoms with Crippen molar-refractivity contribution in [2.24, 2.45) is 0 Å². The molecule has 2 aromatic heterocycles. The predicted octanol–water partition coefficient (Wildman–Crippen LogP) is 2.73. The van der Waals surface area contributed by atoms with E-state index in [4.69, 9.17) is 0 Å². The topological polar surface area (TPSA) is 33.1 Å². The second kappa shape index (κ2) is 4.55. The van der Waals surface area contributed by atoms with Crippen molar-refractivity contribution in [2.45, 2.75) is 19.4 Å². The van der Waals surface area contributed by atoms with Gasteiger partial charge in [0.15, 0.2) is 0 Å². The standard InChI is InChI=1S/C12H13NOS/c1-9-4-2-6-13-10(9)8-11(14)12-5-3-7-15-12/h2-7,11,14H,8H2,1H3. The molecule has 0 aliphatic rings. The lowest BCUT2D eigenvalue weighted by Gasteiger charge is -2.09. The van der Waals surface area contributed by atoms with Gasteiger partial charge >= 0.3 is 0 Å². The summed E-state index contributed by atoms with van der Waals surface area (Å²) in [6.45, 7) is 2.02. The Morgan fingerprint density at radius 1 is 1.40 bits per heavy atom. The van der Waals surface area contributed by atoms with E-state index in [9.17, 15) is 5.11 Å². The Kier molecular flexibility index (Phi) is 3.14. The molecular formula is C12H13NOS. The second-order valence-corrected chi connectivity index (χ2v) is 4.48. The molecule has 0 saturated heterocycles. The number of hydrogen-bond donors (Lipinski definition) is 1. The maximum absolute atomic E-state index is 9.96. The van der Waals surface area contributed by atoms with Gasteiger partial charge in [-0.05, 0) is 30.0 Å². The number of aryl methyl sites for hydroxylation is 1. The van der Waals surface area contributed by atoms with Gasteiger partial charge in [-0.2, -0.15) is 0 Å². The van der Waals surface area contributed by atoms with Crippen LogP contribution >= 0.6 is 11.3 Å². The zero-order chi connectivity index (χ0) is 10.7. The molecule has 1 N–H and O–H groups in total. The number of aliphatic hydroxyl groups excluding tert-OH is 1. The molecule has 2 rings (SSSR count). The van der Waals surface area contributed by atoms with Gasteiger partial charge in [-0.3, -0.25) is 4.98 Å². The lowest BCUT2D eigenvalue weighted by Crippen LogP contribution is -2.03. The molecule has 0 radical (unpaired) electrons. The summed E-state index contributed by atoms with van der Waals surface area (Å²) in [6, 6.07) is 7.84. The smallest absolute Gasteiger partial charge is 0.0937 e. The summed E-state index contributed by atoms with van der Waals surface area (Å²) in [4.78, 5) is 5.27. The highest BCUT2D eigenvalue weighted by Crippen LogP contribution is 2.22. The SMILES string of the molecule is Cc1cccnc1CC(O)c1cccs1. The first-order valence-electron chi connectivity index (χ1n) is 4.89. The molecular weight excluding hydrogens is 206 g/mol. The van der Waals surface area contributed by atoms with Crippen molar-refractivity contribution in [3.8, 4) is 0 Å². The van der Waals surface area contributed by atoms with Gasteiger partial charge in [0.25, 0.3) is 0 Å². The molecule has 0 aromatic carbocycles. The monoisotopic (exact) mass is 219 g/mol. The van der Waals surface area contributed by atoms with Crippen LogP contribution < -0.4 is 0 Å². The third-order valence-corrected chi connectivity index (χ3v) is 3.35. The zero-order valence-electron chi connectivity index (χ0n) is 8.55. The van der Waals surface area contributed by atoms with Crippen molar-refractivity contribution in [1.82, 2.24) is 4.98 Å². The number of aliphatic hydroxyl groups is 1. The van der Waals surface area contributed by atoms with Gasteiger partial charge in [-0.15, -0.1) is 11.3 Å². The van der Waals surface area contributed by atoms with Gasteiger partial charge in [0.2, 0.25) is 0 Å². The van der Waals surface area contributed by atoms with Crippen LogP contribution in [-0.2, 0) is 6.42 Å². The van der Waals surface area contributed by atoms with E-state index >= 15 is 0 Å². The van der Waals surface area contributed by atoms with E-state index < -0.39 is 6.10 Å². The van der Waals surface area contributed by atoms with Crippen molar-refractivity contribution >= 4 is 11.3 Å². The fourth-order valence-corrected chi connectivity index (χ4v) is 2.21. The van der Waals surface area contributed by atoms with Crippen LogP contribution in [0.1, 0.15) is 22.2 Å². The summed E-state index contributed by atoms with van der Waals surface area (Å²) >= 11 is 1.58. The van der Waals surface area contributed by atoms with Gasteiger partial charge in [0.05, 0.1) is 6.10 Å². The van der Waals surface area contributed by atoms with E-state index in [1.165, 1.54) is 0 Å². The molecule has 2 aromatic rings. The van der Waals surface area contributed by atoms with E-state index in [0.29, 0.717) is 6.42 Å². The normalized spacial score (nSPS) is 12.7. The maximum Gasteiger partial charge on any atom is 0.0937 e. The van der Waals surface area contributed by atoms with Crippen LogP contribution in [0.5, 0.6) is 0 Å². The summed E-state index contributed by atoms with van der Waals surface area (Å²) in [5.74, 6) is 0. The Bertz CT molecular complexity index is 425. The summed E-state index contributed by atoms with van der Waals surface area (Å²) in [5.41, 5.74) is 2.10. The van der Waals surface area contributed by atoms with Crippen LogP contribution in [0.15, 0.2) is 35.8 Å². The predicted molar refractivity (Wildman–Crippen MR) is 62.0 cm³/mol. The van der Waals surface area contributed by atoms with Crippen molar-refractivity contribution in [3.05, 3.63) is 52.0 Å². The summed E-state index contributed by atoms with van der Waals surface area (Å²) in [7, 11) is 0. The minimum atomic E-state index is -0.432. The number of pyridine rings is 1. The van der Waals surface area contributed by atoms with Crippen LogP contribution in [0.4, 0.5) is 0 Å². The minimum Gasteiger partial charge on any atom is -0.387 e. The van der Waals surface area contributed by atoms with Crippen LogP contribution in [0.25, 0.3) is 0 Å². The first-order chi connectivity index (χ1) is 7.27. The molecule has 15 heavy (non-hydrogen) atoms. The average Bonchev–Trinajstić information content (AvgIpc) is 2.74. The molecule has 78 valence electrons. The van der Waals surface area contributed by atoms with E-state index in [-0.39, 0.29) is 0 Å². The van der Waals surface area contributed by atoms with Gasteiger partial charge in [-0.25, -0.2) is 0 Å². The van der Waals surface area contributed by atoms with Crippen molar-refractivity contribution in [2.75, 3.05) is 0 Å². The number of rotatable bonds is 3. The molecule has 2 heterocycles. The lowest BCUT2D eigenvalue weighted by molar-refractivity contribution is 0.181. The minimum absolute atomic E-state index is 0.432.